The maximum atomic E-state index is 5.46. The summed E-state index contributed by atoms with van der Waals surface area (Å²) in [5.41, 5.74) is 0. The number of hydrogen-bond donors (Lipinski definition) is 0. The first-order chi connectivity index (χ1) is 6.45. The van der Waals surface area contributed by atoms with Crippen molar-refractivity contribution < 1.29 is 17.7 Å². The first kappa shape index (κ1) is 14.3. The molecule has 0 N–H and O–H groups in total. The summed E-state index contributed by atoms with van der Waals surface area (Å²) in [5.74, 6) is 0. The second kappa shape index (κ2) is 5.99. The van der Waals surface area contributed by atoms with Crippen LogP contribution < -0.4 is 0 Å². The molecule has 0 aromatic carbocycles. The van der Waals surface area contributed by atoms with E-state index in [1.807, 2.05) is 0 Å². The topological polar surface area (TPSA) is 36.9 Å². The van der Waals surface area contributed by atoms with Gasteiger partial charge in [-0.05, 0) is 19.1 Å². The molecule has 0 fully saturated rings. The summed E-state index contributed by atoms with van der Waals surface area (Å²) in [6.45, 7) is 4.35. The van der Waals surface area contributed by atoms with Gasteiger partial charge in [0.25, 0.3) is 0 Å². The van der Waals surface area contributed by atoms with Crippen LogP contribution in [0.5, 0.6) is 0 Å². The molecule has 0 radical (unpaired) electrons. The van der Waals surface area contributed by atoms with E-state index in [0.717, 1.165) is 12.1 Å². The molecule has 0 bridgehead atoms. The second-order valence-electron chi connectivity index (χ2n) is 3.76. The highest BCUT2D eigenvalue weighted by atomic mass is 28.4. The van der Waals surface area contributed by atoms with E-state index in [9.17, 15) is 0 Å². The molecule has 0 amide bonds. The van der Waals surface area contributed by atoms with Crippen molar-refractivity contribution in [3.05, 3.63) is 0 Å². The first-order valence-electron chi connectivity index (χ1n) is 4.66. The van der Waals surface area contributed by atoms with Gasteiger partial charge in [-0.3, -0.25) is 0 Å². The molecule has 0 spiro atoms. The molecule has 0 unspecified atom stereocenters. The molecular weight excluding hydrogens is 216 g/mol. The van der Waals surface area contributed by atoms with Crippen LogP contribution >= 0.6 is 0 Å². The van der Waals surface area contributed by atoms with E-state index in [1.165, 1.54) is 0 Å². The van der Waals surface area contributed by atoms with Gasteiger partial charge < -0.3 is 17.7 Å². The lowest BCUT2D eigenvalue weighted by Crippen LogP contribution is -2.45. The van der Waals surface area contributed by atoms with Crippen molar-refractivity contribution >= 4 is 17.1 Å². The lowest BCUT2D eigenvalue weighted by molar-refractivity contribution is 0.124. The fourth-order valence-corrected chi connectivity index (χ4v) is 6.06. The normalized spacial score (nSPS) is 13.3. The standard InChI is InChI=1S/C8H22O4Si2/c1-9-13(5,6)7-8-14(10-2,11-3)12-4/h7-8H2,1-6H3. The highest BCUT2D eigenvalue weighted by molar-refractivity contribution is 6.73. The van der Waals surface area contributed by atoms with Crippen molar-refractivity contribution in [2.45, 2.75) is 25.2 Å². The van der Waals surface area contributed by atoms with Gasteiger partial charge in [-0.2, -0.15) is 0 Å². The summed E-state index contributed by atoms with van der Waals surface area (Å²) >= 11 is 0. The minimum atomic E-state index is -2.39. The van der Waals surface area contributed by atoms with Gasteiger partial charge in [-0.25, -0.2) is 0 Å². The Balaban J connectivity index is 4.19. The molecule has 0 atom stereocenters. The van der Waals surface area contributed by atoms with Crippen LogP contribution in [0.1, 0.15) is 0 Å². The van der Waals surface area contributed by atoms with Crippen molar-refractivity contribution in [3.63, 3.8) is 0 Å². The van der Waals surface area contributed by atoms with E-state index in [-0.39, 0.29) is 0 Å². The van der Waals surface area contributed by atoms with Crippen molar-refractivity contribution in [3.8, 4) is 0 Å². The summed E-state index contributed by atoms with van der Waals surface area (Å²) in [6, 6.07) is 1.81. The Morgan fingerprint density at radius 3 is 1.43 bits per heavy atom. The molecule has 0 aromatic rings. The van der Waals surface area contributed by atoms with Gasteiger partial charge in [0.05, 0.1) is 0 Å². The highest BCUT2D eigenvalue weighted by Crippen LogP contribution is 2.21. The number of hydrogen-bond acceptors (Lipinski definition) is 4. The molecule has 0 aliphatic rings. The second-order valence-corrected chi connectivity index (χ2v) is 11.3. The zero-order valence-electron chi connectivity index (χ0n) is 10.0. The van der Waals surface area contributed by atoms with Crippen LogP contribution in [0.2, 0.25) is 25.2 Å². The summed E-state index contributed by atoms with van der Waals surface area (Å²) < 4.78 is 21.5. The van der Waals surface area contributed by atoms with Crippen molar-refractivity contribution in [2.24, 2.45) is 0 Å². The zero-order valence-corrected chi connectivity index (χ0v) is 12.0. The molecule has 0 aromatic heterocycles. The molecule has 0 saturated heterocycles. The smallest absolute Gasteiger partial charge is 0.420 e. The fraction of sp³-hybridized carbons (Fsp3) is 1.00. The first-order valence-corrected chi connectivity index (χ1v) is 9.70. The van der Waals surface area contributed by atoms with E-state index >= 15 is 0 Å². The Bertz CT molecular complexity index is 151. The van der Waals surface area contributed by atoms with Crippen LogP contribution in [-0.4, -0.2) is 45.6 Å². The van der Waals surface area contributed by atoms with Gasteiger partial charge in [0.2, 0.25) is 0 Å². The zero-order chi connectivity index (χ0) is 11.2. The predicted molar refractivity (Wildman–Crippen MR) is 60.9 cm³/mol. The van der Waals surface area contributed by atoms with Crippen molar-refractivity contribution in [1.82, 2.24) is 0 Å². The summed E-state index contributed by atoms with van der Waals surface area (Å²) in [7, 11) is 2.75. The molecule has 6 heteroatoms. The summed E-state index contributed by atoms with van der Waals surface area (Å²) in [5, 5.41) is 0. The van der Waals surface area contributed by atoms with Crippen LogP contribution in [0, 0.1) is 0 Å². The summed E-state index contributed by atoms with van der Waals surface area (Å²) in [4.78, 5) is 0. The molecule has 0 saturated carbocycles. The average molecular weight is 238 g/mol. The SMILES string of the molecule is CO[Si](C)(C)CC[Si](OC)(OC)OC. The van der Waals surface area contributed by atoms with E-state index in [0.29, 0.717) is 0 Å². The molecule has 14 heavy (non-hydrogen) atoms. The quantitative estimate of drug-likeness (QED) is 0.633. The third-order valence-corrected chi connectivity index (χ3v) is 8.31. The van der Waals surface area contributed by atoms with Crippen LogP contribution in [-0.2, 0) is 17.7 Å². The van der Waals surface area contributed by atoms with Crippen molar-refractivity contribution in [1.29, 1.82) is 0 Å². The largest absolute Gasteiger partial charge is 0.499 e. The van der Waals surface area contributed by atoms with Gasteiger partial charge in [-0.1, -0.05) is 0 Å². The minimum Gasteiger partial charge on any atom is -0.420 e. The Hall–Kier alpha value is 0.274. The van der Waals surface area contributed by atoms with Crippen molar-refractivity contribution in [2.75, 3.05) is 28.4 Å². The Kier molecular flexibility index (Phi) is 6.11. The minimum absolute atomic E-state index is 0.823. The lowest BCUT2D eigenvalue weighted by atomic mass is 10.9. The van der Waals surface area contributed by atoms with Gasteiger partial charge in [0, 0.05) is 34.5 Å². The van der Waals surface area contributed by atoms with Gasteiger partial charge in [0.1, 0.15) is 0 Å². The maximum absolute atomic E-state index is 5.46. The third-order valence-electron chi connectivity index (χ3n) is 2.52. The van der Waals surface area contributed by atoms with E-state index in [4.69, 9.17) is 17.7 Å². The van der Waals surface area contributed by atoms with E-state index in [2.05, 4.69) is 13.1 Å². The summed E-state index contributed by atoms with van der Waals surface area (Å²) in [6.07, 6.45) is 0. The highest BCUT2D eigenvalue weighted by Gasteiger charge is 2.39. The van der Waals surface area contributed by atoms with Crippen LogP contribution in [0.3, 0.4) is 0 Å². The van der Waals surface area contributed by atoms with Gasteiger partial charge in [0.15, 0.2) is 8.32 Å². The fourth-order valence-electron chi connectivity index (χ4n) is 1.11. The monoisotopic (exact) mass is 238 g/mol. The van der Waals surface area contributed by atoms with Crippen LogP contribution in [0.15, 0.2) is 0 Å². The molecule has 4 nitrogen and oxygen atoms in total. The Labute approximate surface area is 89.0 Å². The molecule has 0 heterocycles. The molecule has 0 aliphatic carbocycles. The van der Waals surface area contributed by atoms with Crippen LogP contribution in [0.4, 0.5) is 0 Å². The molecular formula is C8H22O4Si2. The van der Waals surface area contributed by atoms with E-state index < -0.39 is 17.1 Å². The van der Waals surface area contributed by atoms with Gasteiger partial charge in [-0.15, -0.1) is 0 Å². The van der Waals surface area contributed by atoms with Gasteiger partial charge >= 0.3 is 8.80 Å². The molecule has 0 aliphatic heterocycles. The average Bonchev–Trinajstić information content (AvgIpc) is 2.21. The Morgan fingerprint density at radius 1 is 0.714 bits per heavy atom. The predicted octanol–water partition coefficient (Wildman–Crippen LogP) is 1.72. The Morgan fingerprint density at radius 2 is 1.14 bits per heavy atom. The lowest BCUT2D eigenvalue weighted by Gasteiger charge is -2.28. The van der Waals surface area contributed by atoms with Crippen LogP contribution in [0.25, 0.3) is 0 Å². The van der Waals surface area contributed by atoms with E-state index in [1.54, 1.807) is 28.4 Å². The maximum Gasteiger partial charge on any atom is 0.499 e. The number of rotatable bonds is 7. The molecule has 86 valence electrons. The third kappa shape index (κ3) is 4.20. The molecule has 0 rings (SSSR count).